The predicted octanol–water partition coefficient (Wildman–Crippen LogP) is 2.29. The molecule has 0 aliphatic carbocycles. The Morgan fingerprint density at radius 2 is 1.75 bits per heavy atom. The summed E-state index contributed by atoms with van der Waals surface area (Å²) < 4.78 is 30.9. The standard InChI is InChI=1S/C23H29N3O5S/c1-3-31-21-12-10-20(11-13-21)26(32(2,29)30)17-22(27)24-15-18-6-8-19(9-7-18)16-25-14-4-5-23(25)28/h6-13H,3-5,14-17H2,1-2H3,(H,24,27). The molecule has 1 aliphatic rings. The Morgan fingerprint density at radius 3 is 2.31 bits per heavy atom. The van der Waals surface area contributed by atoms with Crippen LogP contribution in [0.25, 0.3) is 0 Å². The largest absolute Gasteiger partial charge is 0.494 e. The molecule has 0 aromatic heterocycles. The molecule has 2 aromatic carbocycles. The zero-order valence-electron chi connectivity index (χ0n) is 18.4. The van der Waals surface area contributed by atoms with E-state index >= 15 is 0 Å². The van der Waals surface area contributed by atoms with Crippen LogP contribution in [0.15, 0.2) is 48.5 Å². The van der Waals surface area contributed by atoms with Crippen molar-refractivity contribution in [2.24, 2.45) is 0 Å². The van der Waals surface area contributed by atoms with Crippen LogP contribution in [0.4, 0.5) is 5.69 Å². The van der Waals surface area contributed by atoms with Crippen molar-refractivity contribution in [1.29, 1.82) is 0 Å². The van der Waals surface area contributed by atoms with Gasteiger partial charge in [0.25, 0.3) is 0 Å². The molecule has 0 bridgehead atoms. The highest BCUT2D eigenvalue weighted by Crippen LogP contribution is 2.21. The SMILES string of the molecule is CCOc1ccc(N(CC(=O)NCc2ccc(CN3CCCC3=O)cc2)S(C)(=O)=O)cc1. The summed E-state index contributed by atoms with van der Waals surface area (Å²) in [6.07, 6.45) is 2.59. The normalized spacial score (nSPS) is 13.8. The third-order valence-corrected chi connectivity index (χ3v) is 6.32. The van der Waals surface area contributed by atoms with Gasteiger partial charge in [0.15, 0.2) is 0 Å². The molecule has 2 aromatic rings. The molecule has 1 saturated heterocycles. The van der Waals surface area contributed by atoms with Crippen molar-refractivity contribution in [3.8, 4) is 5.75 Å². The topological polar surface area (TPSA) is 96.0 Å². The van der Waals surface area contributed by atoms with Gasteiger partial charge in [-0.3, -0.25) is 13.9 Å². The van der Waals surface area contributed by atoms with Crippen LogP contribution in [-0.4, -0.2) is 51.1 Å². The minimum atomic E-state index is -3.64. The Kier molecular flexibility index (Phi) is 7.74. The highest BCUT2D eigenvalue weighted by Gasteiger charge is 2.21. The first-order chi connectivity index (χ1) is 15.3. The van der Waals surface area contributed by atoms with E-state index in [-0.39, 0.29) is 19.0 Å². The van der Waals surface area contributed by atoms with Crippen LogP contribution in [0.2, 0.25) is 0 Å². The maximum atomic E-state index is 12.5. The van der Waals surface area contributed by atoms with Gasteiger partial charge in [0, 0.05) is 26.1 Å². The van der Waals surface area contributed by atoms with Crippen molar-refractivity contribution >= 4 is 27.5 Å². The summed E-state index contributed by atoms with van der Waals surface area (Å²) in [6.45, 7) is 3.72. The number of ether oxygens (including phenoxy) is 1. The van der Waals surface area contributed by atoms with Gasteiger partial charge in [-0.2, -0.15) is 0 Å². The van der Waals surface area contributed by atoms with Crippen molar-refractivity contribution < 1.29 is 22.7 Å². The molecule has 0 unspecified atom stereocenters. The van der Waals surface area contributed by atoms with Gasteiger partial charge in [0.2, 0.25) is 21.8 Å². The van der Waals surface area contributed by atoms with Crippen LogP contribution >= 0.6 is 0 Å². The van der Waals surface area contributed by atoms with E-state index in [1.807, 2.05) is 36.1 Å². The first-order valence-corrected chi connectivity index (χ1v) is 12.4. The van der Waals surface area contributed by atoms with E-state index in [4.69, 9.17) is 4.74 Å². The fourth-order valence-corrected chi connectivity index (χ4v) is 4.37. The summed E-state index contributed by atoms with van der Waals surface area (Å²) >= 11 is 0. The van der Waals surface area contributed by atoms with Crippen LogP contribution in [-0.2, 0) is 32.7 Å². The third-order valence-electron chi connectivity index (χ3n) is 5.18. The molecule has 1 aliphatic heterocycles. The summed E-state index contributed by atoms with van der Waals surface area (Å²) in [4.78, 5) is 26.1. The Hall–Kier alpha value is -3.07. The van der Waals surface area contributed by atoms with Gasteiger partial charge in [0.1, 0.15) is 12.3 Å². The fourth-order valence-electron chi connectivity index (χ4n) is 3.52. The van der Waals surface area contributed by atoms with Crippen LogP contribution in [0.5, 0.6) is 5.75 Å². The number of carbonyl (C=O) groups excluding carboxylic acids is 2. The van der Waals surface area contributed by atoms with E-state index in [0.29, 0.717) is 31.0 Å². The minimum absolute atomic E-state index is 0.185. The average molecular weight is 460 g/mol. The summed E-state index contributed by atoms with van der Waals surface area (Å²) in [5.41, 5.74) is 2.32. The lowest BCUT2D eigenvalue weighted by Gasteiger charge is -2.22. The van der Waals surface area contributed by atoms with Gasteiger partial charge in [-0.1, -0.05) is 24.3 Å². The van der Waals surface area contributed by atoms with Gasteiger partial charge in [-0.15, -0.1) is 0 Å². The first-order valence-electron chi connectivity index (χ1n) is 10.6. The monoisotopic (exact) mass is 459 g/mol. The number of hydrogen-bond acceptors (Lipinski definition) is 5. The number of carbonyl (C=O) groups is 2. The van der Waals surface area contributed by atoms with E-state index < -0.39 is 15.9 Å². The average Bonchev–Trinajstić information content (AvgIpc) is 3.16. The molecule has 0 radical (unpaired) electrons. The molecule has 0 saturated carbocycles. The molecular weight excluding hydrogens is 430 g/mol. The number of sulfonamides is 1. The van der Waals surface area contributed by atoms with Crippen LogP contribution in [0.3, 0.4) is 0 Å². The van der Waals surface area contributed by atoms with Gasteiger partial charge < -0.3 is 15.0 Å². The summed E-state index contributed by atoms with van der Waals surface area (Å²) in [5, 5.41) is 2.77. The fraction of sp³-hybridized carbons (Fsp3) is 0.391. The van der Waals surface area contributed by atoms with Gasteiger partial charge in [0.05, 0.1) is 18.6 Å². The summed E-state index contributed by atoms with van der Waals surface area (Å²) in [6, 6.07) is 14.3. The molecule has 9 heteroatoms. The molecule has 1 heterocycles. The van der Waals surface area contributed by atoms with E-state index in [2.05, 4.69) is 5.32 Å². The zero-order valence-corrected chi connectivity index (χ0v) is 19.2. The second-order valence-electron chi connectivity index (χ2n) is 7.71. The van der Waals surface area contributed by atoms with Crippen LogP contribution in [0.1, 0.15) is 30.9 Å². The van der Waals surface area contributed by atoms with Crippen molar-refractivity contribution in [3.63, 3.8) is 0 Å². The summed E-state index contributed by atoms with van der Waals surface area (Å²) in [5.74, 6) is 0.409. The molecule has 0 atom stereocenters. The minimum Gasteiger partial charge on any atom is -0.494 e. The van der Waals surface area contributed by atoms with Crippen molar-refractivity contribution in [1.82, 2.24) is 10.2 Å². The Bertz CT molecular complexity index is 1040. The lowest BCUT2D eigenvalue weighted by atomic mass is 10.1. The Balaban J connectivity index is 1.56. The van der Waals surface area contributed by atoms with E-state index in [9.17, 15) is 18.0 Å². The molecular formula is C23H29N3O5S. The molecule has 3 rings (SSSR count). The predicted molar refractivity (Wildman–Crippen MR) is 123 cm³/mol. The van der Waals surface area contributed by atoms with Crippen LogP contribution < -0.4 is 14.4 Å². The highest BCUT2D eigenvalue weighted by molar-refractivity contribution is 7.92. The number of nitrogens with one attached hydrogen (secondary N) is 1. The summed E-state index contributed by atoms with van der Waals surface area (Å²) in [7, 11) is -3.64. The Morgan fingerprint density at radius 1 is 1.09 bits per heavy atom. The highest BCUT2D eigenvalue weighted by atomic mass is 32.2. The first kappa shape index (κ1) is 23.6. The molecule has 8 nitrogen and oxygen atoms in total. The number of benzene rings is 2. The van der Waals surface area contributed by atoms with Gasteiger partial charge >= 0.3 is 0 Å². The quantitative estimate of drug-likeness (QED) is 0.588. The molecule has 0 spiro atoms. The van der Waals surface area contributed by atoms with Crippen molar-refractivity contribution in [2.75, 3.05) is 30.3 Å². The molecule has 32 heavy (non-hydrogen) atoms. The number of nitrogens with zero attached hydrogens (tertiary/aromatic N) is 2. The van der Waals surface area contributed by atoms with E-state index in [1.54, 1.807) is 24.3 Å². The maximum Gasteiger partial charge on any atom is 0.241 e. The maximum absolute atomic E-state index is 12.5. The van der Waals surface area contributed by atoms with Crippen molar-refractivity contribution in [3.05, 3.63) is 59.7 Å². The number of anilines is 1. The molecule has 2 amide bonds. The molecule has 1 fully saturated rings. The number of likely N-dealkylation sites (tertiary alicyclic amines) is 1. The number of rotatable bonds is 10. The second-order valence-corrected chi connectivity index (χ2v) is 9.62. The zero-order chi connectivity index (χ0) is 23.1. The van der Waals surface area contributed by atoms with E-state index in [1.165, 1.54) is 0 Å². The number of hydrogen-bond donors (Lipinski definition) is 1. The molecule has 1 N–H and O–H groups in total. The third kappa shape index (κ3) is 6.46. The molecule has 172 valence electrons. The van der Waals surface area contributed by atoms with E-state index in [0.717, 1.165) is 34.7 Å². The van der Waals surface area contributed by atoms with Gasteiger partial charge in [-0.05, 0) is 48.7 Å². The van der Waals surface area contributed by atoms with Crippen LogP contribution in [0, 0.1) is 0 Å². The lowest BCUT2D eigenvalue weighted by Crippen LogP contribution is -2.40. The smallest absolute Gasteiger partial charge is 0.241 e. The van der Waals surface area contributed by atoms with Gasteiger partial charge in [-0.25, -0.2) is 8.42 Å². The lowest BCUT2D eigenvalue weighted by molar-refractivity contribution is -0.128. The van der Waals surface area contributed by atoms with Crippen molar-refractivity contribution in [2.45, 2.75) is 32.9 Å². The Labute approximate surface area is 189 Å². The second kappa shape index (κ2) is 10.5. The number of amides is 2.